The van der Waals surface area contributed by atoms with Gasteiger partial charge in [0.2, 0.25) is 0 Å². The lowest BCUT2D eigenvalue weighted by molar-refractivity contribution is 0.0702. The summed E-state index contributed by atoms with van der Waals surface area (Å²) >= 11 is 3.15. The van der Waals surface area contributed by atoms with E-state index in [1.807, 2.05) is 17.4 Å². The van der Waals surface area contributed by atoms with Crippen LogP contribution in [-0.2, 0) is 19.5 Å². The second-order valence-electron chi connectivity index (χ2n) is 3.90. The molecule has 3 nitrogen and oxygen atoms in total. The van der Waals surface area contributed by atoms with Gasteiger partial charge < -0.3 is 10.4 Å². The molecule has 0 aliphatic rings. The molecule has 0 atom stereocenters. The molecule has 2 aromatic rings. The molecule has 2 aromatic heterocycles. The molecule has 18 heavy (non-hydrogen) atoms. The summed E-state index contributed by atoms with van der Waals surface area (Å²) in [6, 6.07) is 7.83. The van der Waals surface area contributed by atoms with E-state index in [4.69, 9.17) is 5.11 Å². The maximum absolute atomic E-state index is 10.7. The Labute approximate surface area is 114 Å². The molecule has 0 fully saturated rings. The summed E-state index contributed by atoms with van der Waals surface area (Å²) in [4.78, 5) is 14.9. The number of carbonyl (C=O) groups is 1. The summed E-state index contributed by atoms with van der Waals surface area (Å²) in [6.07, 6.45) is 1.08. The maximum Gasteiger partial charge on any atom is 0.345 e. The van der Waals surface area contributed by atoms with E-state index < -0.39 is 5.97 Å². The molecule has 2 rings (SSSR count). The van der Waals surface area contributed by atoms with Gasteiger partial charge in [0.05, 0.1) is 0 Å². The molecule has 0 spiro atoms. The average molecular weight is 281 g/mol. The fourth-order valence-corrected chi connectivity index (χ4v) is 3.35. The summed E-state index contributed by atoms with van der Waals surface area (Å²) in [6.45, 7) is 3.71. The Morgan fingerprint density at radius 1 is 1.11 bits per heavy atom. The van der Waals surface area contributed by atoms with Gasteiger partial charge in [0, 0.05) is 27.7 Å². The molecule has 0 amide bonds. The minimum absolute atomic E-state index is 0.399. The minimum atomic E-state index is -0.850. The Kier molecular flexibility index (Phi) is 4.52. The van der Waals surface area contributed by atoms with Crippen LogP contribution in [0.15, 0.2) is 24.3 Å². The second kappa shape index (κ2) is 6.13. The normalized spacial score (nSPS) is 10.7. The van der Waals surface area contributed by atoms with Crippen molar-refractivity contribution in [3.05, 3.63) is 43.8 Å². The van der Waals surface area contributed by atoms with Crippen LogP contribution in [0.2, 0.25) is 0 Å². The molecule has 0 unspecified atom stereocenters. The summed E-state index contributed by atoms with van der Waals surface area (Å²) in [5.41, 5.74) is 0. The highest BCUT2D eigenvalue weighted by atomic mass is 32.1. The fourth-order valence-electron chi connectivity index (χ4n) is 1.60. The third-order valence-electron chi connectivity index (χ3n) is 2.54. The molecule has 2 heterocycles. The van der Waals surface area contributed by atoms with Crippen LogP contribution in [0.4, 0.5) is 0 Å². The molecular weight excluding hydrogens is 266 g/mol. The number of carboxylic acids is 1. The largest absolute Gasteiger partial charge is 0.477 e. The van der Waals surface area contributed by atoms with Gasteiger partial charge in [-0.1, -0.05) is 6.92 Å². The Balaban J connectivity index is 1.82. The third-order valence-corrected chi connectivity index (χ3v) is 4.84. The maximum atomic E-state index is 10.7. The highest BCUT2D eigenvalue weighted by molar-refractivity contribution is 7.13. The van der Waals surface area contributed by atoms with Gasteiger partial charge in [0.25, 0.3) is 0 Å². The Hall–Kier alpha value is -1.17. The zero-order chi connectivity index (χ0) is 13.0. The lowest BCUT2D eigenvalue weighted by Gasteiger charge is -2.00. The summed E-state index contributed by atoms with van der Waals surface area (Å²) < 4.78 is 0. The van der Waals surface area contributed by atoms with Crippen LogP contribution in [-0.4, -0.2) is 11.1 Å². The molecule has 96 valence electrons. The predicted octanol–water partition coefficient (Wildman–Crippen LogP) is 3.36. The van der Waals surface area contributed by atoms with Crippen LogP contribution in [0.25, 0.3) is 0 Å². The zero-order valence-electron chi connectivity index (χ0n) is 10.1. The lowest BCUT2D eigenvalue weighted by Crippen LogP contribution is -2.10. The molecule has 5 heteroatoms. The monoisotopic (exact) mass is 281 g/mol. The number of thiophene rings is 2. The summed E-state index contributed by atoms with van der Waals surface area (Å²) in [7, 11) is 0. The van der Waals surface area contributed by atoms with Crippen molar-refractivity contribution in [3.8, 4) is 0 Å². The molecule has 0 aromatic carbocycles. The van der Waals surface area contributed by atoms with Gasteiger partial charge in [0.1, 0.15) is 4.88 Å². The zero-order valence-corrected chi connectivity index (χ0v) is 11.7. The van der Waals surface area contributed by atoms with Crippen LogP contribution in [0.3, 0.4) is 0 Å². The van der Waals surface area contributed by atoms with Crippen molar-refractivity contribution < 1.29 is 9.90 Å². The molecule has 0 aliphatic heterocycles. The number of nitrogens with one attached hydrogen (secondary N) is 1. The van der Waals surface area contributed by atoms with Crippen LogP contribution in [0.5, 0.6) is 0 Å². The van der Waals surface area contributed by atoms with Crippen LogP contribution in [0, 0.1) is 0 Å². The molecule has 0 radical (unpaired) electrons. The lowest BCUT2D eigenvalue weighted by atomic mass is 10.3. The standard InChI is InChI=1S/C13H15NO2S2/c1-2-9-3-4-10(17-9)7-14-8-11-5-6-12(18-11)13(15)16/h3-6,14H,2,7-8H2,1H3,(H,15,16). The highest BCUT2D eigenvalue weighted by Crippen LogP contribution is 2.18. The number of aromatic carboxylic acids is 1. The molecule has 0 saturated carbocycles. The fraction of sp³-hybridized carbons (Fsp3) is 0.308. The number of hydrogen-bond acceptors (Lipinski definition) is 4. The van der Waals surface area contributed by atoms with E-state index in [0.717, 1.165) is 24.4 Å². The Morgan fingerprint density at radius 2 is 1.72 bits per heavy atom. The smallest absolute Gasteiger partial charge is 0.345 e. The van der Waals surface area contributed by atoms with E-state index in [9.17, 15) is 4.79 Å². The van der Waals surface area contributed by atoms with Crippen LogP contribution >= 0.6 is 22.7 Å². The van der Waals surface area contributed by atoms with Gasteiger partial charge in [0.15, 0.2) is 0 Å². The van der Waals surface area contributed by atoms with Gasteiger partial charge in [-0.05, 0) is 30.7 Å². The van der Waals surface area contributed by atoms with E-state index in [1.54, 1.807) is 6.07 Å². The minimum Gasteiger partial charge on any atom is -0.477 e. The number of rotatable bonds is 6. The van der Waals surface area contributed by atoms with Crippen molar-refractivity contribution in [1.29, 1.82) is 0 Å². The van der Waals surface area contributed by atoms with Crippen molar-refractivity contribution in [1.82, 2.24) is 5.32 Å². The van der Waals surface area contributed by atoms with Gasteiger partial charge in [-0.2, -0.15) is 0 Å². The van der Waals surface area contributed by atoms with Crippen molar-refractivity contribution >= 4 is 28.6 Å². The first-order valence-electron chi connectivity index (χ1n) is 5.79. The second-order valence-corrected chi connectivity index (χ2v) is 6.32. The van der Waals surface area contributed by atoms with Crippen LogP contribution < -0.4 is 5.32 Å². The van der Waals surface area contributed by atoms with E-state index in [2.05, 4.69) is 24.4 Å². The summed E-state index contributed by atoms with van der Waals surface area (Å²) in [5.74, 6) is -0.850. The first-order valence-corrected chi connectivity index (χ1v) is 7.42. The van der Waals surface area contributed by atoms with Gasteiger partial charge >= 0.3 is 5.97 Å². The average Bonchev–Trinajstić information content (AvgIpc) is 2.97. The molecule has 2 N–H and O–H groups in total. The van der Waals surface area contributed by atoms with Gasteiger partial charge in [-0.15, -0.1) is 22.7 Å². The molecule has 0 aliphatic carbocycles. The Morgan fingerprint density at radius 3 is 2.28 bits per heavy atom. The number of hydrogen-bond donors (Lipinski definition) is 2. The van der Waals surface area contributed by atoms with Gasteiger partial charge in [-0.3, -0.25) is 0 Å². The number of aryl methyl sites for hydroxylation is 1. The van der Waals surface area contributed by atoms with E-state index in [-0.39, 0.29) is 0 Å². The first-order chi connectivity index (χ1) is 8.69. The van der Waals surface area contributed by atoms with Gasteiger partial charge in [-0.25, -0.2) is 4.79 Å². The Bertz CT molecular complexity index is 531. The van der Waals surface area contributed by atoms with Crippen molar-refractivity contribution in [2.45, 2.75) is 26.4 Å². The van der Waals surface area contributed by atoms with Crippen molar-refractivity contribution in [3.63, 3.8) is 0 Å². The predicted molar refractivity (Wildman–Crippen MR) is 75.5 cm³/mol. The van der Waals surface area contributed by atoms with E-state index in [1.165, 1.54) is 21.1 Å². The summed E-state index contributed by atoms with van der Waals surface area (Å²) in [5, 5.41) is 12.2. The molecular formula is C13H15NO2S2. The van der Waals surface area contributed by atoms with Crippen molar-refractivity contribution in [2.24, 2.45) is 0 Å². The van der Waals surface area contributed by atoms with Crippen molar-refractivity contribution in [2.75, 3.05) is 0 Å². The van der Waals surface area contributed by atoms with E-state index in [0.29, 0.717) is 4.88 Å². The topological polar surface area (TPSA) is 49.3 Å². The SMILES string of the molecule is CCc1ccc(CNCc2ccc(C(=O)O)s2)s1. The van der Waals surface area contributed by atoms with E-state index >= 15 is 0 Å². The van der Waals surface area contributed by atoms with Crippen LogP contribution in [0.1, 0.15) is 31.2 Å². The third kappa shape index (κ3) is 3.41. The molecule has 0 saturated heterocycles. The highest BCUT2D eigenvalue weighted by Gasteiger charge is 2.06. The quantitative estimate of drug-likeness (QED) is 0.853. The molecule has 0 bridgehead atoms. The first kappa shape index (κ1) is 13.3. The number of carboxylic acid groups (broad SMARTS) is 1.